The van der Waals surface area contributed by atoms with E-state index in [9.17, 15) is 13.2 Å². The van der Waals surface area contributed by atoms with Crippen LogP contribution in [-0.2, 0) is 6.42 Å². The van der Waals surface area contributed by atoms with E-state index in [-0.39, 0.29) is 5.75 Å². The van der Waals surface area contributed by atoms with Gasteiger partial charge < -0.3 is 10.1 Å². The number of halogens is 3. The van der Waals surface area contributed by atoms with Crippen molar-refractivity contribution in [3.05, 3.63) is 29.8 Å². The minimum absolute atomic E-state index is 0.166. The summed E-state index contributed by atoms with van der Waals surface area (Å²) in [6, 6.07) is 6.57. The van der Waals surface area contributed by atoms with Crippen molar-refractivity contribution in [2.75, 3.05) is 6.54 Å². The highest BCUT2D eigenvalue weighted by molar-refractivity contribution is 5.28. The van der Waals surface area contributed by atoms with E-state index in [1.165, 1.54) is 18.6 Å². The molecule has 0 aromatic heterocycles. The molecule has 0 bridgehead atoms. The standard InChI is InChI=1S/C15H20F3NO/c1-3-19-14(13-8-10(13)2)9-11-4-6-12(7-5-11)20-15(16,17)18/h4-7,10,13-14,19H,3,8-9H2,1-2H3. The van der Waals surface area contributed by atoms with Crippen molar-refractivity contribution >= 4 is 0 Å². The van der Waals surface area contributed by atoms with Gasteiger partial charge in [-0.1, -0.05) is 26.0 Å². The molecule has 0 spiro atoms. The van der Waals surface area contributed by atoms with E-state index in [1.807, 2.05) is 0 Å². The molecule has 0 aliphatic heterocycles. The third-order valence-electron chi connectivity index (χ3n) is 3.77. The summed E-state index contributed by atoms with van der Waals surface area (Å²) in [5.74, 6) is 1.26. The second-order valence-electron chi connectivity index (χ2n) is 5.44. The number of rotatable bonds is 6. The largest absolute Gasteiger partial charge is 0.573 e. The van der Waals surface area contributed by atoms with E-state index in [0.717, 1.165) is 24.4 Å². The summed E-state index contributed by atoms with van der Waals surface area (Å²) in [7, 11) is 0. The number of ether oxygens (including phenoxy) is 1. The van der Waals surface area contributed by atoms with Crippen molar-refractivity contribution in [1.82, 2.24) is 5.32 Å². The number of hydrogen-bond acceptors (Lipinski definition) is 2. The zero-order chi connectivity index (χ0) is 14.8. The lowest BCUT2D eigenvalue weighted by Crippen LogP contribution is -2.33. The van der Waals surface area contributed by atoms with Gasteiger partial charge in [-0.2, -0.15) is 0 Å². The van der Waals surface area contributed by atoms with Gasteiger partial charge in [0.25, 0.3) is 0 Å². The van der Waals surface area contributed by atoms with Gasteiger partial charge in [-0.25, -0.2) is 0 Å². The van der Waals surface area contributed by atoms with Gasteiger partial charge in [0, 0.05) is 6.04 Å². The Bertz CT molecular complexity index is 430. The zero-order valence-electron chi connectivity index (χ0n) is 11.7. The van der Waals surface area contributed by atoms with Gasteiger partial charge in [0.05, 0.1) is 0 Å². The van der Waals surface area contributed by atoms with Crippen LogP contribution in [0.15, 0.2) is 24.3 Å². The summed E-state index contributed by atoms with van der Waals surface area (Å²) in [4.78, 5) is 0. The highest BCUT2D eigenvalue weighted by Gasteiger charge is 2.38. The van der Waals surface area contributed by atoms with Gasteiger partial charge in [0.15, 0.2) is 0 Å². The molecule has 3 unspecified atom stereocenters. The molecule has 1 aliphatic rings. The Labute approximate surface area is 117 Å². The predicted octanol–water partition coefficient (Wildman–Crippen LogP) is 3.76. The number of likely N-dealkylation sites (N-methyl/N-ethyl adjacent to an activating group) is 1. The Hall–Kier alpha value is -1.23. The predicted molar refractivity (Wildman–Crippen MR) is 71.6 cm³/mol. The molecule has 2 nitrogen and oxygen atoms in total. The van der Waals surface area contributed by atoms with Gasteiger partial charge >= 0.3 is 6.36 Å². The summed E-state index contributed by atoms with van der Waals surface area (Å²) < 4.78 is 40.1. The lowest BCUT2D eigenvalue weighted by molar-refractivity contribution is -0.274. The van der Waals surface area contributed by atoms with Crippen molar-refractivity contribution in [3.63, 3.8) is 0 Å². The van der Waals surface area contributed by atoms with Gasteiger partial charge in [0.1, 0.15) is 5.75 Å². The molecule has 0 amide bonds. The number of hydrogen-bond donors (Lipinski definition) is 1. The second-order valence-corrected chi connectivity index (χ2v) is 5.44. The lowest BCUT2D eigenvalue weighted by Gasteiger charge is -2.18. The van der Waals surface area contributed by atoms with Crippen LogP contribution in [0.4, 0.5) is 13.2 Å². The first-order chi connectivity index (χ1) is 9.39. The Morgan fingerprint density at radius 1 is 1.30 bits per heavy atom. The van der Waals surface area contributed by atoms with E-state index in [4.69, 9.17) is 0 Å². The summed E-state index contributed by atoms with van der Waals surface area (Å²) in [5.41, 5.74) is 1.03. The maximum absolute atomic E-state index is 12.1. The van der Waals surface area contributed by atoms with E-state index in [0.29, 0.717) is 12.0 Å². The van der Waals surface area contributed by atoms with Crippen molar-refractivity contribution in [1.29, 1.82) is 0 Å². The van der Waals surface area contributed by atoms with E-state index in [2.05, 4.69) is 23.9 Å². The topological polar surface area (TPSA) is 21.3 Å². The third kappa shape index (κ3) is 4.40. The van der Waals surface area contributed by atoms with Crippen LogP contribution in [0.25, 0.3) is 0 Å². The van der Waals surface area contributed by atoms with E-state index >= 15 is 0 Å². The second kappa shape index (κ2) is 6.04. The molecule has 0 saturated heterocycles. The van der Waals surface area contributed by atoms with Crippen LogP contribution < -0.4 is 10.1 Å². The average molecular weight is 287 g/mol. The van der Waals surface area contributed by atoms with E-state index < -0.39 is 6.36 Å². The van der Waals surface area contributed by atoms with Crippen LogP contribution in [-0.4, -0.2) is 18.9 Å². The highest BCUT2D eigenvalue weighted by atomic mass is 19.4. The first-order valence-electron chi connectivity index (χ1n) is 6.97. The van der Waals surface area contributed by atoms with Gasteiger partial charge in [-0.3, -0.25) is 0 Å². The third-order valence-corrected chi connectivity index (χ3v) is 3.77. The first kappa shape index (κ1) is 15.2. The fourth-order valence-electron chi connectivity index (χ4n) is 2.63. The van der Waals surface area contributed by atoms with Gasteiger partial charge in [-0.15, -0.1) is 13.2 Å². The van der Waals surface area contributed by atoms with Crippen LogP contribution in [0, 0.1) is 11.8 Å². The summed E-state index contributed by atoms with van der Waals surface area (Å²) in [6.07, 6.45) is -2.56. The lowest BCUT2D eigenvalue weighted by atomic mass is 10.0. The van der Waals surface area contributed by atoms with Gasteiger partial charge in [0.2, 0.25) is 0 Å². The molecule has 1 aliphatic carbocycles. The number of benzene rings is 1. The summed E-state index contributed by atoms with van der Waals surface area (Å²) in [5, 5.41) is 3.47. The molecule has 112 valence electrons. The summed E-state index contributed by atoms with van der Waals surface area (Å²) in [6.45, 7) is 5.21. The smallest absolute Gasteiger partial charge is 0.406 e. The van der Waals surface area contributed by atoms with Crippen molar-refractivity contribution in [3.8, 4) is 5.75 Å². The van der Waals surface area contributed by atoms with Crippen LogP contribution >= 0.6 is 0 Å². The zero-order valence-corrected chi connectivity index (χ0v) is 11.7. The van der Waals surface area contributed by atoms with Crippen molar-refractivity contribution in [2.24, 2.45) is 11.8 Å². The van der Waals surface area contributed by atoms with E-state index in [1.54, 1.807) is 12.1 Å². The highest BCUT2D eigenvalue weighted by Crippen LogP contribution is 2.41. The molecule has 0 heterocycles. The molecule has 2 rings (SSSR count). The Morgan fingerprint density at radius 2 is 1.90 bits per heavy atom. The molecule has 20 heavy (non-hydrogen) atoms. The Morgan fingerprint density at radius 3 is 2.35 bits per heavy atom. The maximum Gasteiger partial charge on any atom is 0.573 e. The fraction of sp³-hybridized carbons (Fsp3) is 0.600. The van der Waals surface area contributed by atoms with Gasteiger partial charge in [-0.05, 0) is 48.9 Å². The average Bonchev–Trinajstić information content (AvgIpc) is 3.06. The minimum Gasteiger partial charge on any atom is -0.406 e. The van der Waals surface area contributed by atoms with Crippen LogP contribution in [0.5, 0.6) is 5.75 Å². The molecule has 0 radical (unpaired) electrons. The molecule has 1 N–H and O–H groups in total. The van der Waals surface area contributed by atoms with Crippen LogP contribution in [0.1, 0.15) is 25.8 Å². The SMILES string of the molecule is CCNC(Cc1ccc(OC(F)(F)F)cc1)C1CC1C. The van der Waals surface area contributed by atoms with Crippen molar-refractivity contribution in [2.45, 2.75) is 39.1 Å². The molecule has 1 aromatic carbocycles. The molecule has 1 fully saturated rings. The Balaban J connectivity index is 1.95. The molecule has 3 atom stereocenters. The number of alkyl halides is 3. The normalized spacial score (nSPS) is 23.4. The quantitative estimate of drug-likeness (QED) is 0.860. The van der Waals surface area contributed by atoms with Crippen molar-refractivity contribution < 1.29 is 17.9 Å². The molecular weight excluding hydrogens is 267 g/mol. The molecule has 1 saturated carbocycles. The molecule has 5 heteroatoms. The van der Waals surface area contributed by atoms with Crippen LogP contribution in [0.2, 0.25) is 0 Å². The number of nitrogens with one attached hydrogen (secondary N) is 1. The first-order valence-corrected chi connectivity index (χ1v) is 6.97. The minimum atomic E-state index is -4.63. The molecule has 1 aromatic rings. The maximum atomic E-state index is 12.1. The Kier molecular flexibility index (Phi) is 4.58. The fourth-order valence-corrected chi connectivity index (χ4v) is 2.63. The van der Waals surface area contributed by atoms with Crippen LogP contribution in [0.3, 0.4) is 0 Å². The monoisotopic (exact) mass is 287 g/mol. The summed E-state index contributed by atoms with van der Waals surface area (Å²) >= 11 is 0. The molecular formula is C15H20F3NO.